The lowest BCUT2D eigenvalue weighted by molar-refractivity contribution is 0.660. The van der Waals surface area contributed by atoms with Gasteiger partial charge in [0.25, 0.3) is 0 Å². The topological polar surface area (TPSA) is 0 Å². The molecule has 0 saturated heterocycles. The Kier molecular flexibility index (Phi) is 4.79. The molecule has 0 saturated carbocycles. The number of halogens is 1. The van der Waals surface area contributed by atoms with Gasteiger partial charge in [0.05, 0.1) is 0 Å². The summed E-state index contributed by atoms with van der Waals surface area (Å²) in [5.74, 6) is 0. The maximum Gasteiger partial charge on any atom is 0.0187 e. The fraction of sp³-hybridized carbons (Fsp3) is 0.167. The van der Waals surface area contributed by atoms with Crippen LogP contribution in [-0.2, 0) is 10.8 Å². The summed E-state index contributed by atoms with van der Waals surface area (Å²) in [5.41, 5.74) is 16.1. The van der Waals surface area contributed by atoms with E-state index >= 15 is 0 Å². The minimum atomic E-state index is -0.00263. The van der Waals surface area contributed by atoms with Crippen molar-refractivity contribution in [1.29, 1.82) is 0 Å². The number of rotatable bonds is 2. The predicted molar refractivity (Wildman–Crippen MR) is 160 cm³/mol. The van der Waals surface area contributed by atoms with Crippen LogP contribution in [0.25, 0.3) is 44.5 Å². The molecular weight excluding hydrogens is 512 g/mol. The highest BCUT2D eigenvalue weighted by atomic mass is 79.9. The third kappa shape index (κ3) is 3.27. The Labute approximate surface area is 228 Å². The van der Waals surface area contributed by atoms with Crippen LogP contribution >= 0.6 is 15.9 Å². The van der Waals surface area contributed by atoms with E-state index in [1.54, 1.807) is 0 Å². The molecule has 7 rings (SSSR count). The largest absolute Gasteiger partial charge is 0.0619 e. The maximum atomic E-state index is 3.82. The van der Waals surface area contributed by atoms with E-state index in [0.717, 1.165) is 4.47 Å². The molecule has 180 valence electrons. The summed E-state index contributed by atoms with van der Waals surface area (Å²) in [5, 5.41) is 0. The third-order valence-electron chi connectivity index (χ3n) is 8.73. The Balaban J connectivity index is 1.33. The number of fused-ring (bicyclic) bond motifs is 6. The second-order valence-corrected chi connectivity index (χ2v) is 12.5. The number of hydrogen-bond donors (Lipinski definition) is 0. The third-order valence-corrected chi connectivity index (χ3v) is 9.19. The van der Waals surface area contributed by atoms with Crippen LogP contribution in [0.4, 0.5) is 0 Å². The van der Waals surface area contributed by atoms with Crippen molar-refractivity contribution in [3.8, 4) is 44.5 Å². The Hall–Kier alpha value is -3.42. The van der Waals surface area contributed by atoms with Crippen LogP contribution in [0.5, 0.6) is 0 Å². The Bertz CT molecular complexity index is 1610. The highest BCUT2D eigenvalue weighted by Crippen LogP contribution is 2.51. The molecular formula is C36H29Br. The van der Waals surface area contributed by atoms with Crippen LogP contribution in [0.15, 0.2) is 108 Å². The van der Waals surface area contributed by atoms with Gasteiger partial charge in [-0.3, -0.25) is 0 Å². The molecule has 2 aliphatic rings. The monoisotopic (exact) mass is 540 g/mol. The van der Waals surface area contributed by atoms with Gasteiger partial charge in [-0.25, -0.2) is 0 Å². The number of benzene rings is 5. The van der Waals surface area contributed by atoms with Crippen molar-refractivity contribution in [2.45, 2.75) is 38.5 Å². The first-order valence-electron chi connectivity index (χ1n) is 13.1. The molecule has 0 radical (unpaired) electrons. The molecule has 0 aromatic heterocycles. The average Bonchev–Trinajstić information content (AvgIpc) is 3.28. The van der Waals surface area contributed by atoms with Crippen molar-refractivity contribution >= 4 is 15.9 Å². The van der Waals surface area contributed by atoms with Crippen LogP contribution in [-0.4, -0.2) is 0 Å². The first-order chi connectivity index (χ1) is 17.7. The average molecular weight is 542 g/mol. The van der Waals surface area contributed by atoms with E-state index in [9.17, 15) is 0 Å². The van der Waals surface area contributed by atoms with Crippen molar-refractivity contribution in [1.82, 2.24) is 0 Å². The fourth-order valence-electron chi connectivity index (χ4n) is 6.69. The lowest BCUT2D eigenvalue weighted by Crippen LogP contribution is -2.15. The lowest BCUT2D eigenvalue weighted by atomic mass is 9.81. The van der Waals surface area contributed by atoms with Gasteiger partial charge in [0, 0.05) is 15.3 Å². The maximum absolute atomic E-state index is 3.82. The Morgan fingerprint density at radius 3 is 1.27 bits per heavy atom. The quantitative estimate of drug-likeness (QED) is 0.209. The van der Waals surface area contributed by atoms with Crippen molar-refractivity contribution in [2.24, 2.45) is 0 Å². The molecule has 0 fully saturated rings. The van der Waals surface area contributed by atoms with Crippen LogP contribution < -0.4 is 0 Å². The fourth-order valence-corrected chi connectivity index (χ4v) is 7.18. The molecule has 1 heteroatoms. The summed E-state index contributed by atoms with van der Waals surface area (Å²) in [6.07, 6.45) is 0. The normalized spacial score (nSPS) is 15.6. The van der Waals surface area contributed by atoms with Gasteiger partial charge >= 0.3 is 0 Å². The van der Waals surface area contributed by atoms with Gasteiger partial charge in [-0.15, -0.1) is 0 Å². The molecule has 5 aromatic carbocycles. The zero-order chi connectivity index (χ0) is 25.5. The number of hydrogen-bond acceptors (Lipinski definition) is 0. The zero-order valence-corrected chi connectivity index (χ0v) is 23.3. The highest BCUT2D eigenvalue weighted by molar-refractivity contribution is 9.10. The van der Waals surface area contributed by atoms with E-state index in [1.165, 1.54) is 66.8 Å². The van der Waals surface area contributed by atoms with Gasteiger partial charge < -0.3 is 0 Å². The molecule has 0 heterocycles. The van der Waals surface area contributed by atoms with Gasteiger partial charge in [-0.2, -0.15) is 0 Å². The molecule has 0 bridgehead atoms. The van der Waals surface area contributed by atoms with Gasteiger partial charge in [0.1, 0.15) is 0 Å². The van der Waals surface area contributed by atoms with E-state index in [0.29, 0.717) is 0 Å². The van der Waals surface area contributed by atoms with Crippen molar-refractivity contribution in [2.75, 3.05) is 0 Å². The standard InChI is InChI=1S/C36H29Br/c1-35(2)31-11-7-5-9-27(31)29-15-13-22(20-33(29)35)24-17-25(19-26(37)18-24)23-14-16-30-28-10-6-8-12-32(28)36(3,4)34(30)21-23/h5-21H,1-4H3. The van der Waals surface area contributed by atoms with E-state index in [1.807, 2.05) is 0 Å². The van der Waals surface area contributed by atoms with Gasteiger partial charge in [-0.1, -0.05) is 116 Å². The van der Waals surface area contributed by atoms with Crippen LogP contribution in [0.2, 0.25) is 0 Å². The lowest BCUT2D eigenvalue weighted by Gasteiger charge is -2.22. The van der Waals surface area contributed by atoms with E-state index in [-0.39, 0.29) is 10.8 Å². The van der Waals surface area contributed by atoms with Crippen LogP contribution in [0.1, 0.15) is 49.9 Å². The SMILES string of the molecule is CC1(C)c2ccccc2-c2ccc(-c3cc(Br)cc(-c4ccc5c(c4)C(C)(C)c4ccccc4-5)c3)cc21. The summed E-state index contributed by atoms with van der Waals surface area (Å²) in [6, 6.07) is 38.5. The van der Waals surface area contributed by atoms with Crippen molar-refractivity contribution in [3.63, 3.8) is 0 Å². The summed E-state index contributed by atoms with van der Waals surface area (Å²) >= 11 is 3.82. The van der Waals surface area contributed by atoms with Crippen LogP contribution in [0, 0.1) is 0 Å². The molecule has 0 nitrogen and oxygen atoms in total. The van der Waals surface area contributed by atoms with Gasteiger partial charge in [-0.05, 0) is 97.1 Å². The molecule has 0 aliphatic heterocycles. The summed E-state index contributed by atoms with van der Waals surface area (Å²) in [4.78, 5) is 0. The first kappa shape index (κ1) is 22.8. The molecule has 2 aliphatic carbocycles. The van der Waals surface area contributed by atoms with E-state index < -0.39 is 0 Å². The summed E-state index contributed by atoms with van der Waals surface area (Å²) in [7, 11) is 0. The zero-order valence-electron chi connectivity index (χ0n) is 21.7. The smallest absolute Gasteiger partial charge is 0.0187 e. The molecule has 0 amide bonds. The molecule has 0 atom stereocenters. The summed E-state index contributed by atoms with van der Waals surface area (Å²) < 4.78 is 1.10. The van der Waals surface area contributed by atoms with E-state index in [2.05, 4.69) is 147 Å². The van der Waals surface area contributed by atoms with Crippen molar-refractivity contribution < 1.29 is 0 Å². The molecule has 37 heavy (non-hydrogen) atoms. The van der Waals surface area contributed by atoms with Gasteiger partial charge in [0.15, 0.2) is 0 Å². The minimum absolute atomic E-state index is 0.00263. The second kappa shape index (κ2) is 7.79. The molecule has 5 aromatic rings. The highest BCUT2D eigenvalue weighted by Gasteiger charge is 2.36. The Morgan fingerprint density at radius 1 is 0.405 bits per heavy atom. The molecule has 0 unspecified atom stereocenters. The Morgan fingerprint density at radius 2 is 0.811 bits per heavy atom. The summed E-state index contributed by atoms with van der Waals surface area (Å²) in [6.45, 7) is 9.38. The minimum Gasteiger partial charge on any atom is -0.0619 e. The van der Waals surface area contributed by atoms with E-state index in [4.69, 9.17) is 0 Å². The second-order valence-electron chi connectivity index (χ2n) is 11.6. The molecule has 0 N–H and O–H groups in total. The first-order valence-corrected chi connectivity index (χ1v) is 13.8. The van der Waals surface area contributed by atoms with Crippen LogP contribution in [0.3, 0.4) is 0 Å². The predicted octanol–water partition coefficient (Wildman–Crippen LogP) is 10.4. The molecule has 0 spiro atoms. The van der Waals surface area contributed by atoms with Crippen molar-refractivity contribution in [3.05, 3.63) is 130 Å². The van der Waals surface area contributed by atoms with Gasteiger partial charge in [0.2, 0.25) is 0 Å².